The Balaban J connectivity index is 0.000000192. The lowest BCUT2D eigenvalue weighted by molar-refractivity contribution is -0.137. The van der Waals surface area contributed by atoms with Crippen molar-refractivity contribution in [3.8, 4) is 0 Å². The van der Waals surface area contributed by atoms with Gasteiger partial charge in [-0.3, -0.25) is 0 Å². The van der Waals surface area contributed by atoms with Crippen LogP contribution in [-0.4, -0.2) is 54.4 Å². The molecule has 10 nitrogen and oxygen atoms in total. The van der Waals surface area contributed by atoms with Gasteiger partial charge in [0.2, 0.25) is 11.9 Å². The molecular formula is C35H42ClF3N8O2. The van der Waals surface area contributed by atoms with E-state index in [4.69, 9.17) is 23.1 Å². The first-order valence-corrected chi connectivity index (χ1v) is 16.8. The van der Waals surface area contributed by atoms with Crippen molar-refractivity contribution >= 4 is 35.1 Å². The molecule has 14 heteroatoms. The van der Waals surface area contributed by atoms with Crippen molar-refractivity contribution in [2.24, 2.45) is 0 Å². The molecule has 0 radical (unpaired) electrons. The molecule has 2 aliphatic carbocycles. The van der Waals surface area contributed by atoms with Crippen LogP contribution in [0.3, 0.4) is 0 Å². The Kier molecular flexibility index (Phi) is 12.1. The van der Waals surface area contributed by atoms with E-state index in [0.717, 1.165) is 103 Å². The lowest BCUT2D eigenvalue weighted by atomic mass is 9.93. The van der Waals surface area contributed by atoms with E-state index >= 15 is 0 Å². The average Bonchev–Trinajstić information content (AvgIpc) is 3.07. The monoisotopic (exact) mass is 698 g/mol. The van der Waals surface area contributed by atoms with Gasteiger partial charge >= 0.3 is 6.18 Å². The van der Waals surface area contributed by atoms with Crippen molar-refractivity contribution in [1.29, 1.82) is 0 Å². The predicted octanol–water partition coefficient (Wildman–Crippen LogP) is 6.40. The molecule has 2 saturated carbocycles. The number of nitrogens with zero attached hydrogens (tertiary/aromatic N) is 4. The summed E-state index contributed by atoms with van der Waals surface area (Å²) in [4.78, 5) is 16.7. The molecule has 4 aromatic rings. The highest BCUT2D eigenvalue weighted by atomic mass is 35.5. The molecule has 0 bridgehead atoms. The number of aliphatic hydroxyl groups is 2. The highest BCUT2D eigenvalue weighted by Crippen LogP contribution is 2.30. The van der Waals surface area contributed by atoms with E-state index in [9.17, 15) is 23.4 Å². The minimum atomic E-state index is -4.35. The van der Waals surface area contributed by atoms with E-state index in [0.29, 0.717) is 18.3 Å². The van der Waals surface area contributed by atoms with Crippen LogP contribution in [0.4, 0.5) is 36.7 Å². The zero-order valence-corrected chi connectivity index (χ0v) is 27.8. The summed E-state index contributed by atoms with van der Waals surface area (Å²) in [6.07, 6.45) is 6.34. The molecule has 6 rings (SSSR count). The zero-order valence-electron chi connectivity index (χ0n) is 27.0. The van der Waals surface area contributed by atoms with Crippen molar-refractivity contribution in [3.63, 3.8) is 0 Å². The molecule has 262 valence electrons. The summed E-state index contributed by atoms with van der Waals surface area (Å²) >= 11 is 5.93. The number of alkyl halides is 3. The van der Waals surface area contributed by atoms with Gasteiger partial charge in [-0.25, -0.2) is 9.97 Å². The van der Waals surface area contributed by atoms with Crippen molar-refractivity contribution in [2.75, 3.05) is 22.1 Å². The van der Waals surface area contributed by atoms with E-state index in [1.165, 1.54) is 12.1 Å². The molecule has 49 heavy (non-hydrogen) atoms. The lowest BCUT2D eigenvalue weighted by Gasteiger charge is -2.27. The number of nitrogen functional groups attached to an aromatic ring is 2. The first-order valence-electron chi connectivity index (χ1n) is 16.4. The Morgan fingerprint density at radius 3 is 1.43 bits per heavy atom. The van der Waals surface area contributed by atoms with Crippen LogP contribution in [0.15, 0.2) is 60.9 Å². The van der Waals surface area contributed by atoms with Gasteiger partial charge < -0.3 is 32.3 Å². The lowest BCUT2D eigenvalue weighted by Crippen LogP contribution is -2.29. The summed E-state index contributed by atoms with van der Waals surface area (Å²) in [5.41, 5.74) is 14.4. The molecule has 2 aromatic carbocycles. The molecule has 0 saturated heterocycles. The summed E-state index contributed by atoms with van der Waals surface area (Å²) in [6.45, 7) is 0. The van der Waals surface area contributed by atoms with Crippen LogP contribution in [0, 0.1) is 0 Å². The summed E-state index contributed by atoms with van der Waals surface area (Å²) in [5.74, 6) is 1.79. The van der Waals surface area contributed by atoms with E-state index in [1.807, 2.05) is 24.3 Å². The van der Waals surface area contributed by atoms with Crippen LogP contribution in [-0.2, 0) is 19.0 Å². The standard InChI is InChI=1S/C18H21F3N4O.C17H21ClN4O/c19-18(20,21)13-3-1-11(2-4-13)9-12-10-23-17(22)25-16(12)24-14-5-7-15(26)8-6-14;18-13-3-1-11(2-4-13)9-12-10-20-17(19)22-16(12)21-14-5-7-15(23)8-6-14/h1-4,10,14-15,26H,5-9H2,(H3,22,23,24,25);1-4,10,14-15,23H,5-9H2,(H3,19,20,21,22). The minimum absolute atomic E-state index is 0.138. The second kappa shape index (κ2) is 16.5. The molecule has 0 unspecified atom stereocenters. The van der Waals surface area contributed by atoms with Gasteiger partial charge in [-0.2, -0.15) is 23.1 Å². The molecule has 2 aliphatic rings. The summed E-state index contributed by atoms with van der Waals surface area (Å²) < 4.78 is 38.0. The third-order valence-electron chi connectivity index (χ3n) is 8.83. The van der Waals surface area contributed by atoms with Gasteiger partial charge in [-0.1, -0.05) is 35.9 Å². The van der Waals surface area contributed by atoms with Crippen molar-refractivity contribution in [2.45, 2.75) is 94.7 Å². The van der Waals surface area contributed by atoms with Gasteiger partial charge in [-0.05, 0) is 86.8 Å². The molecule has 0 spiro atoms. The van der Waals surface area contributed by atoms with Gasteiger partial charge in [0.05, 0.1) is 17.8 Å². The topological polar surface area (TPSA) is 168 Å². The van der Waals surface area contributed by atoms with Gasteiger partial charge in [0.15, 0.2) is 0 Å². The quantitative estimate of drug-likeness (QED) is 0.121. The number of hydrogen-bond acceptors (Lipinski definition) is 10. The average molecular weight is 699 g/mol. The number of hydrogen-bond donors (Lipinski definition) is 6. The molecular weight excluding hydrogens is 657 g/mol. The third-order valence-corrected chi connectivity index (χ3v) is 9.08. The van der Waals surface area contributed by atoms with Gasteiger partial charge in [0.25, 0.3) is 0 Å². The fourth-order valence-electron chi connectivity index (χ4n) is 6.03. The van der Waals surface area contributed by atoms with Crippen LogP contribution in [0.25, 0.3) is 0 Å². The van der Waals surface area contributed by atoms with Crippen LogP contribution in [0.5, 0.6) is 0 Å². The van der Waals surface area contributed by atoms with Crippen LogP contribution in [0.1, 0.15) is 79.2 Å². The Bertz CT molecular complexity index is 1640. The van der Waals surface area contributed by atoms with E-state index in [-0.39, 0.29) is 30.1 Å². The molecule has 2 fully saturated rings. The molecule has 0 amide bonds. The Morgan fingerprint density at radius 2 is 1.04 bits per heavy atom. The Morgan fingerprint density at radius 1 is 0.653 bits per heavy atom. The van der Waals surface area contributed by atoms with Crippen molar-refractivity contribution in [1.82, 2.24) is 19.9 Å². The molecule has 2 aromatic heterocycles. The zero-order chi connectivity index (χ0) is 35.0. The van der Waals surface area contributed by atoms with Gasteiger partial charge in [0.1, 0.15) is 11.6 Å². The first kappa shape index (κ1) is 36.1. The van der Waals surface area contributed by atoms with Crippen molar-refractivity contribution in [3.05, 3.63) is 93.8 Å². The largest absolute Gasteiger partial charge is 0.416 e. The van der Waals surface area contributed by atoms with Gasteiger partial charge in [-0.15, -0.1) is 0 Å². The van der Waals surface area contributed by atoms with Crippen molar-refractivity contribution < 1.29 is 23.4 Å². The SMILES string of the molecule is Nc1ncc(Cc2ccc(C(F)(F)F)cc2)c(NC2CCC(O)CC2)n1.Nc1ncc(Cc2ccc(Cl)cc2)c(NC2CCC(O)CC2)n1. The Labute approximate surface area is 288 Å². The molecule has 0 atom stereocenters. The highest BCUT2D eigenvalue weighted by molar-refractivity contribution is 6.30. The number of benzene rings is 2. The fourth-order valence-corrected chi connectivity index (χ4v) is 6.16. The maximum absolute atomic E-state index is 12.7. The second-order valence-electron chi connectivity index (χ2n) is 12.7. The summed E-state index contributed by atoms with van der Waals surface area (Å²) in [7, 11) is 0. The maximum atomic E-state index is 12.7. The normalized spacial score (nSPS) is 20.9. The predicted molar refractivity (Wildman–Crippen MR) is 185 cm³/mol. The minimum Gasteiger partial charge on any atom is -0.393 e. The summed E-state index contributed by atoms with van der Waals surface area (Å²) in [5, 5.41) is 26.8. The van der Waals surface area contributed by atoms with Crippen LogP contribution < -0.4 is 22.1 Å². The van der Waals surface area contributed by atoms with Crippen LogP contribution >= 0.6 is 11.6 Å². The number of nitrogens with two attached hydrogens (primary N) is 2. The Hall–Kier alpha value is -4.20. The van der Waals surface area contributed by atoms with Crippen LogP contribution in [0.2, 0.25) is 5.02 Å². The van der Waals surface area contributed by atoms with E-state index < -0.39 is 11.7 Å². The second-order valence-corrected chi connectivity index (χ2v) is 13.1. The van der Waals surface area contributed by atoms with E-state index in [2.05, 4.69) is 30.6 Å². The number of aromatic nitrogens is 4. The summed E-state index contributed by atoms with van der Waals surface area (Å²) in [6, 6.07) is 13.3. The fraction of sp³-hybridized carbons (Fsp3) is 0.429. The molecule has 2 heterocycles. The smallest absolute Gasteiger partial charge is 0.393 e. The highest BCUT2D eigenvalue weighted by Gasteiger charge is 2.30. The number of anilines is 4. The number of nitrogens with one attached hydrogen (secondary N) is 2. The molecule has 0 aliphatic heterocycles. The van der Waals surface area contributed by atoms with Gasteiger partial charge in [0, 0.05) is 53.5 Å². The van der Waals surface area contributed by atoms with E-state index in [1.54, 1.807) is 12.4 Å². The molecule has 8 N–H and O–H groups in total. The number of aliphatic hydroxyl groups excluding tert-OH is 2. The number of halogens is 4. The first-order chi connectivity index (χ1) is 23.4. The maximum Gasteiger partial charge on any atom is 0.416 e. The number of rotatable bonds is 8. The third kappa shape index (κ3) is 10.9.